The molecular formula is C12H17FO3. The maximum atomic E-state index is 13.1. The van der Waals surface area contributed by atoms with E-state index in [2.05, 4.69) is 0 Å². The molecule has 4 heteroatoms. The van der Waals surface area contributed by atoms with Crippen LogP contribution in [0.25, 0.3) is 0 Å². The average molecular weight is 228 g/mol. The van der Waals surface area contributed by atoms with Gasteiger partial charge in [0.15, 0.2) is 0 Å². The second-order valence-electron chi connectivity index (χ2n) is 4.09. The zero-order valence-corrected chi connectivity index (χ0v) is 9.53. The van der Waals surface area contributed by atoms with Gasteiger partial charge >= 0.3 is 0 Å². The van der Waals surface area contributed by atoms with Gasteiger partial charge in [0.1, 0.15) is 18.2 Å². The highest BCUT2D eigenvalue weighted by molar-refractivity contribution is 5.29. The van der Waals surface area contributed by atoms with Crippen LogP contribution in [-0.2, 0) is 6.61 Å². The molecule has 0 saturated carbocycles. The van der Waals surface area contributed by atoms with E-state index in [1.165, 1.54) is 12.1 Å². The van der Waals surface area contributed by atoms with Gasteiger partial charge in [-0.3, -0.25) is 0 Å². The van der Waals surface area contributed by atoms with E-state index in [4.69, 9.17) is 9.84 Å². The first-order valence-corrected chi connectivity index (χ1v) is 5.22. The zero-order valence-electron chi connectivity index (χ0n) is 9.53. The second kappa shape index (κ2) is 5.27. The Hall–Kier alpha value is -1.13. The van der Waals surface area contributed by atoms with Crippen molar-refractivity contribution in [2.45, 2.75) is 32.5 Å². The molecule has 0 aliphatic carbocycles. The van der Waals surface area contributed by atoms with Crippen LogP contribution < -0.4 is 4.74 Å². The molecule has 0 heterocycles. The predicted molar refractivity (Wildman–Crippen MR) is 58.7 cm³/mol. The molecule has 0 saturated heterocycles. The van der Waals surface area contributed by atoms with Crippen molar-refractivity contribution in [1.29, 1.82) is 0 Å². The van der Waals surface area contributed by atoms with Crippen LogP contribution in [0, 0.1) is 5.82 Å². The predicted octanol–water partition coefficient (Wildman–Crippen LogP) is 1.86. The minimum atomic E-state index is -0.925. The van der Waals surface area contributed by atoms with Crippen molar-refractivity contribution in [1.82, 2.24) is 0 Å². The zero-order chi connectivity index (χ0) is 12.2. The Labute approximate surface area is 94.5 Å². The lowest BCUT2D eigenvalue weighted by atomic mass is 10.1. The molecule has 0 aromatic heterocycles. The largest absolute Gasteiger partial charge is 0.490 e. The Morgan fingerprint density at radius 1 is 1.38 bits per heavy atom. The summed E-state index contributed by atoms with van der Waals surface area (Å²) in [6, 6.07) is 4.02. The lowest BCUT2D eigenvalue weighted by molar-refractivity contribution is 0.00832. The SMILES string of the molecule is CCC(C)(O)COc1cc(F)cc(CO)c1. The van der Waals surface area contributed by atoms with Crippen molar-refractivity contribution >= 4 is 0 Å². The Balaban J connectivity index is 2.70. The third-order valence-corrected chi connectivity index (χ3v) is 2.43. The molecule has 1 atom stereocenters. The minimum Gasteiger partial charge on any atom is -0.490 e. The van der Waals surface area contributed by atoms with E-state index >= 15 is 0 Å². The van der Waals surface area contributed by atoms with Crippen molar-refractivity contribution in [2.75, 3.05) is 6.61 Å². The number of aliphatic hydroxyl groups is 2. The summed E-state index contributed by atoms with van der Waals surface area (Å²) in [5, 5.41) is 18.6. The summed E-state index contributed by atoms with van der Waals surface area (Å²) in [7, 11) is 0. The third kappa shape index (κ3) is 3.79. The van der Waals surface area contributed by atoms with Gasteiger partial charge in [0, 0.05) is 6.07 Å². The number of rotatable bonds is 5. The Bertz CT molecular complexity index is 350. The quantitative estimate of drug-likeness (QED) is 0.808. The van der Waals surface area contributed by atoms with Crippen LogP contribution >= 0.6 is 0 Å². The fourth-order valence-electron chi connectivity index (χ4n) is 1.14. The van der Waals surface area contributed by atoms with Gasteiger partial charge < -0.3 is 14.9 Å². The molecule has 0 bridgehead atoms. The van der Waals surface area contributed by atoms with Crippen LogP contribution in [0.4, 0.5) is 4.39 Å². The summed E-state index contributed by atoms with van der Waals surface area (Å²) in [5.41, 5.74) is -0.475. The van der Waals surface area contributed by atoms with Crippen LogP contribution in [0.15, 0.2) is 18.2 Å². The molecule has 1 unspecified atom stereocenters. The fourth-order valence-corrected chi connectivity index (χ4v) is 1.14. The number of halogens is 1. The van der Waals surface area contributed by atoms with E-state index in [0.29, 0.717) is 17.7 Å². The van der Waals surface area contributed by atoms with Crippen molar-refractivity contribution in [3.63, 3.8) is 0 Å². The Kier molecular flexibility index (Phi) is 4.26. The van der Waals surface area contributed by atoms with Crippen molar-refractivity contribution in [3.8, 4) is 5.75 Å². The first kappa shape index (κ1) is 12.9. The highest BCUT2D eigenvalue weighted by Crippen LogP contribution is 2.18. The van der Waals surface area contributed by atoms with Gasteiger partial charge in [-0.25, -0.2) is 4.39 Å². The maximum absolute atomic E-state index is 13.1. The summed E-state index contributed by atoms with van der Waals surface area (Å²) >= 11 is 0. The molecular weight excluding hydrogens is 211 g/mol. The molecule has 90 valence electrons. The number of hydrogen-bond acceptors (Lipinski definition) is 3. The van der Waals surface area contributed by atoms with E-state index in [9.17, 15) is 9.50 Å². The molecule has 0 aliphatic rings. The number of aliphatic hydroxyl groups excluding tert-OH is 1. The topological polar surface area (TPSA) is 49.7 Å². The first-order valence-electron chi connectivity index (χ1n) is 5.22. The summed E-state index contributed by atoms with van der Waals surface area (Å²) in [6.45, 7) is 3.35. The third-order valence-electron chi connectivity index (χ3n) is 2.43. The fraction of sp³-hybridized carbons (Fsp3) is 0.500. The standard InChI is InChI=1S/C12H17FO3/c1-3-12(2,15)8-16-11-5-9(7-14)4-10(13)6-11/h4-6,14-15H,3,7-8H2,1-2H3. The van der Waals surface area contributed by atoms with Gasteiger partial charge in [0.05, 0.1) is 12.2 Å². The molecule has 2 N–H and O–H groups in total. The van der Waals surface area contributed by atoms with Gasteiger partial charge in [-0.15, -0.1) is 0 Å². The summed E-state index contributed by atoms with van der Waals surface area (Å²) < 4.78 is 18.3. The van der Waals surface area contributed by atoms with Crippen molar-refractivity contribution in [2.24, 2.45) is 0 Å². The lowest BCUT2D eigenvalue weighted by Crippen LogP contribution is -2.31. The average Bonchev–Trinajstić information content (AvgIpc) is 2.26. The summed E-state index contributed by atoms with van der Waals surface area (Å²) in [6.07, 6.45) is 0.551. The number of hydrogen-bond donors (Lipinski definition) is 2. The van der Waals surface area contributed by atoms with Gasteiger partial charge in [-0.1, -0.05) is 6.92 Å². The second-order valence-corrected chi connectivity index (χ2v) is 4.09. The molecule has 3 nitrogen and oxygen atoms in total. The molecule has 1 rings (SSSR count). The van der Waals surface area contributed by atoms with E-state index < -0.39 is 11.4 Å². The number of ether oxygens (including phenoxy) is 1. The molecule has 0 amide bonds. The van der Waals surface area contributed by atoms with Crippen molar-refractivity contribution in [3.05, 3.63) is 29.6 Å². The normalized spacial score (nSPS) is 14.6. The highest BCUT2D eigenvalue weighted by atomic mass is 19.1. The molecule has 1 aromatic carbocycles. The van der Waals surface area contributed by atoms with Gasteiger partial charge in [-0.2, -0.15) is 0 Å². The smallest absolute Gasteiger partial charge is 0.127 e. The monoisotopic (exact) mass is 228 g/mol. The summed E-state index contributed by atoms with van der Waals surface area (Å²) in [5.74, 6) is -0.143. The maximum Gasteiger partial charge on any atom is 0.127 e. The molecule has 1 aromatic rings. The molecule has 0 spiro atoms. The Morgan fingerprint density at radius 3 is 2.62 bits per heavy atom. The van der Waals surface area contributed by atoms with Crippen LogP contribution in [-0.4, -0.2) is 22.4 Å². The highest BCUT2D eigenvalue weighted by Gasteiger charge is 2.18. The van der Waals surface area contributed by atoms with E-state index in [1.54, 1.807) is 13.0 Å². The van der Waals surface area contributed by atoms with Gasteiger partial charge in [-0.05, 0) is 31.0 Å². The van der Waals surface area contributed by atoms with E-state index in [0.717, 1.165) is 0 Å². The van der Waals surface area contributed by atoms with Crippen molar-refractivity contribution < 1.29 is 19.3 Å². The molecule has 16 heavy (non-hydrogen) atoms. The first-order chi connectivity index (χ1) is 7.46. The van der Waals surface area contributed by atoms with E-state index in [1.807, 2.05) is 6.92 Å². The Morgan fingerprint density at radius 2 is 2.06 bits per heavy atom. The van der Waals surface area contributed by atoms with Crippen LogP contribution in [0.5, 0.6) is 5.75 Å². The van der Waals surface area contributed by atoms with E-state index in [-0.39, 0.29) is 13.2 Å². The van der Waals surface area contributed by atoms with Crippen LogP contribution in [0.1, 0.15) is 25.8 Å². The molecule has 0 fully saturated rings. The van der Waals surface area contributed by atoms with Crippen LogP contribution in [0.2, 0.25) is 0 Å². The van der Waals surface area contributed by atoms with Gasteiger partial charge in [0.2, 0.25) is 0 Å². The molecule has 0 aliphatic heterocycles. The van der Waals surface area contributed by atoms with Gasteiger partial charge in [0.25, 0.3) is 0 Å². The minimum absolute atomic E-state index is 0.0951. The lowest BCUT2D eigenvalue weighted by Gasteiger charge is -2.21. The summed E-state index contributed by atoms with van der Waals surface area (Å²) in [4.78, 5) is 0. The number of benzene rings is 1. The molecule has 0 radical (unpaired) electrons. The van der Waals surface area contributed by atoms with Crippen LogP contribution in [0.3, 0.4) is 0 Å².